The number of carbonyl (C=O) groups excluding carboxylic acids is 1. The standard InChI is InChI=1S/C16H22N2O3S2/c1-23(20,21)18-9-6-12(7-10-18)16(19)17-14-8-11-22-15-5-3-2-4-13(14)15/h2-5,12,14H,6-11H2,1H3,(H,17,19)/t14-/m1/s1. The maximum Gasteiger partial charge on any atom is 0.223 e. The minimum Gasteiger partial charge on any atom is -0.349 e. The van der Waals surface area contributed by atoms with E-state index < -0.39 is 10.0 Å². The van der Waals surface area contributed by atoms with Crippen molar-refractivity contribution < 1.29 is 13.2 Å². The fraction of sp³-hybridized carbons (Fsp3) is 0.562. The van der Waals surface area contributed by atoms with Gasteiger partial charge in [-0.3, -0.25) is 4.79 Å². The number of sulfonamides is 1. The summed E-state index contributed by atoms with van der Waals surface area (Å²) in [5.41, 5.74) is 1.20. The van der Waals surface area contributed by atoms with Gasteiger partial charge in [-0.1, -0.05) is 18.2 Å². The highest BCUT2D eigenvalue weighted by molar-refractivity contribution is 7.99. The van der Waals surface area contributed by atoms with Crippen molar-refractivity contribution in [1.29, 1.82) is 0 Å². The molecule has 0 saturated carbocycles. The number of benzene rings is 1. The molecule has 1 aromatic rings. The lowest BCUT2D eigenvalue weighted by Gasteiger charge is -2.32. The first-order chi connectivity index (χ1) is 10.9. The van der Waals surface area contributed by atoms with Crippen molar-refractivity contribution in [2.75, 3.05) is 25.1 Å². The molecule has 5 nitrogen and oxygen atoms in total. The summed E-state index contributed by atoms with van der Waals surface area (Å²) in [7, 11) is -3.14. The van der Waals surface area contributed by atoms with E-state index in [-0.39, 0.29) is 17.9 Å². The highest BCUT2D eigenvalue weighted by atomic mass is 32.2. The third-order valence-electron chi connectivity index (χ3n) is 4.57. The van der Waals surface area contributed by atoms with Crippen LogP contribution in [-0.2, 0) is 14.8 Å². The fourth-order valence-electron chi connectivity index (χ4n) is 3.23. The molecule has 0 aliphatic carbocycles. The van der Waals surface area contributed by atoms with E-state index in [1.54, 1.807) is 0 Å². The smallest absolute Gasteiger partial charge is 0.223 e. The molecule has 7 heteroatoms. The summed E-state index contributed by atoms with van der Waals surface area (Å²) in [5.74, 6) is 0.980. The van der Waals surface area contributed by atoms with Crippen LogP contribution in [-0.4, -0.2) is 43.7 Å². The predicted octanol–water partition coefficient (Wildman–Crippen LogP) is 2.01. The Hall–Kier alpha value is -1.05. The van der Waals surface area contributed by atoms with Crippen LogP contribution in [0.5, 0.6) is 0 Å². The third kappa shape index (κ3) is 3.89. The zero-order valence-electron chi connectivity index (χ0n) is 13.2. The summed E-state index contributed by atoms with van der Waals surface area (Å²) in [4.78, 5) is 13.8. The van der Waals surface area contributed by atoms with Crippen LogP contribution < -0.4 is 5.32 Å². The molecule has 1 N–H and O–H groups in total. The van der Waals surface area contributed by atoms with Crippen molar-refractivity contribution in [3.05, 3.63) is 29.8 Å². The molecule has 1 fully saturated rings. The summed E-state index contributed by atoms with van der Waals surface area (Å²) >= 11 is 1.83. The molecule has 23 heavy (non-hydrogen) atoms. The number of piperidine rings is 1. The fourth-order valence-corrected chi connectivity index (χ4v) is 5.23. The molecule has 126 valence electrons. The molecule has 1 saturated heterocycles. The van der Waals surface area contributed by atoms with Gasteiger partial charge in [0.05, 0.1) is 12.3 Å². The molecule has 1 aromatic carbocycles. The van der Waals surface area contributed by atoms with E-state index in [4.69, 9.17) is 0 Å². The van der Waals surface area contributed by atoms with Crippen molar-refractivity contribution in [3.8, 4) is 0 Å². The first-order valence-electron chi connectivity index (χ1n) is 7.92. The van der Waals surface area contributed by atoms with Crippen LogP contribution in [0.4, 0.5) is 0 Å². The van der Waals surface area contributed by atoms with Gasteiger partial charge in [0.25, 0.3) is 0 Å². The molecule has 0 bridgehead atoms. The van der Waals surface area contributed by atoms with Gasteiger partial charge in [0, 0.05) is 29.7 Å². The number of nitrogens with zero attached hydrogens (tertiary/aromatic N) is 1. The van der Waals surface area contributed by atoms with Gasteiger partial charge in [0.1, 0.15) is 0 Å². The highest BCUT2D eigenvalue weighted by Crippen LogP contribution is 2.36. The van der Waals surface area contributed by atoms with Crippen molar-refractivity contribution in [3.63, 3.8) is 0 Å². The molecule has 0 radical (unpaired) electrons. The predicted molar refractivity (Wildman–Crippen MR) is 91.8 cm³/mol. The first-order valence-corrected chi connectivity index (χ1v) is 10.8. The molecular weight excluding hydrogens is 332 g/mol. The van der Waals surface area contributed by atoms with Gasteiger partial charge in [-0.15, -0.1) is 11.8 Å². The van der Waals surface area contributed by atoms with Crippen LogP contribution in [0.1, 0.15) is 30.9 Å². The number of nitrogens with one attached hydrogen (secondary N) is 1. The second kappa shape index (κ2) is 6.83. The van der Waals surface area contributed by atoms with Gasteiger partial charge in [-0.25, -0.2) is 12.7 Å². The van der Waals surface area contributed by atoms with E-state index in [9.17, 15) is 13.2 Å². The largest absolute Gasteiger partial charge is 0.349 e. The Morgan fingerprint density at radius 2 is 1.91 bits per heavy atom. The van der Waals surface area contributed by atoms with Crippen LogP contribution in [0, 0.1) is 5.92 Å². The molecule has 3 rings (SSSR count). The Kier molecular flexibility index (Phi) is 4.98. The number of hydrogen-bond acceptors (Lipinski definition) is 4. The second-order valence-corrected chi connectivity index (χ2v) is 9.29. The zero-order valence-corrected chi connectivity index (χ0v) is 14.8. The molecule has 0 unspecified atom stereocenters. The Bertz CT molecular complexity index is 682. The minimum atomic E-state index is -3.14. The summed E-state index contributed by atoms with van der Waals surface area (Å²) in [6, 6.07) is 8.29. The maximum atomic E-state index is 12.5. The number of amides is 1. The van der Waals surface area contributed by atoms with E-state index in [0.717, 1.165) is 12.2 Å². The van der Waals surface area contributed by atoms with Crippen LogP contribution in [0.15, 0.2) is 29.2 Å². The van der Waals surface area contributed by atoms with Gasteiger partial charge >= 0.3 is 0 Å². The highest BCUT2D eigenvalue weighted by Gasteiger charge is 2.31. The zero-order chi connectivity index (χ0) is 16.4. The minimum absolute atomic E-state index is 0.0601. The number of thioether (sulfide) groups is 1. The lowest BCUT2D eigenvalue weighted by atomic mass is 9.95. The van der Waals surface area contributed by atoms with E-state index in [2.05, 4.69) is 17.4 Å². The summed E-state index contributed by atoms with van der Waals surface area (Å²) < 4.78 is 24.5. The molecular formula is C16H22N2O3S2. The second-order valence-electron chi connectivity index (χ2n) is 6.17. The topological polar surface area (TPSA) is 66.5 Å². The van der Waals surface area contributed by atoms with E-state index in [1.807, 2.05) is 23.9 Å². The number of carbonyl (C=O) groups is 1. The number of rotatable bonds is 3. The van der Waals surface area contributed by atoms with Gasteiger partial charge < -0.3 is 5.32 Å². The van der Waals surface area contributed by atoms with Gasteiger partial charge in [0.2, 0.25) is 15.9 Å². The summed E-state index contributed by atoms with van der Waals surface area (Å²) in [6.07, 6.45) is 3.36. The van der Waals surface area contributed by atoms with Crippen molar-refractivity contribution >= 4 is 27.7 Å². The molecule has 1 atom stereocenters. The third-order valence-corrected chi connectivity index (χ3v) is 6.99. The first kappa shape index (κ1) is 16.8. The Labute approximate surface area is 141 Å². The Balaban J connectivity index is 1.61. The van der Waals surface area contributed by atoms with Gasteiger partial charge in [-0.05, 0) is 30.9 Å². The molecule has 0 spiro atoms. The maximum absolute atomic E-state index is 12.5. The van der Waals surface area contributed by atoms with Crippen molar-refractivity contribution in [2.45, 2.75) is 30.2 Å². The number of hydrogen-bond donors (Lipinski definition) is 1. The lowest BCUT2D eigenvalue weighted by molar-refractivity contribution is -0.126. The molecule has 1 amide bonds. The lowest BCUT2D eigenvalue weighted by Crippen LogP contribution is -2.43. The average Bonchev–Trinajstić information content (AvgIpc) is 2.54. The molecule has 2 heterocycles. The van der Waals surface area contributed by atoms with Crippen LogP contribution >= 0.6 is 11.8 Å². The van der Waals surface area contributed by atoms with Gasteiger partial charge in [-0.2, -0.15) is 0 Å². The average molecular weight is 354 g/mol. The Morgan fingerprint density at radius 3 is 2.61 bits per heavy atom. The SMILES string of the molecule is CS(=O)(=O)N1CCC(C(=O)N[C@@H]2CCSc3ccccc32)CC1. The van der Waals surface area contributed by atoms with Crippen LogP contribution in [0.2, 0.25) is 0 Å². The van der Waals surface area contributed by atoms with Gasteiger partial charge in [0.15, 0.2) is 0 Å². The van der Waals surface area contributed by atoms with Crippen LogP contribution in [0.25, 0.3) is 0 Å². The van der Waals surface area contributed by atoms with E-state index in [0.29, 0.717) is 25.9 Å². The van der Waals surface area contributed by atoms with Crippen LogP contribution in [0.3, 0.4) is 0 Å². The molecule has 2 aliphatic rings. The molecule has 0 aromatic heterocycles. The summed E-state index contributed by atoms with van der Waals surface area (Å²) in [5, 5.41) is 3.18. The number of fused-ring (bicyclic) bond motifs is 1. The monoisotopic (exact) mass is 354 g/mol. The van der Waals surface area contributed by atoms with E-state index >= 15 is 0 Å². The van der Waals surface area contributed by atoms with Crippen molar-refractivity contribution in [2.24, 2.45) is 5.92 Å². The quantitative estimate of drug-likeness (QED) is 0.902. The molecule has 2 aliphatic heterocycles. The van der Waals surface area contributed by atoms with E-state index in [1.165, 1.54) is 21.0 Å². The normalized spacial score (nSPS) is 23.3. The summed E-state index contributed by atoms with van der Waals surface area (Å²) in [6.45, 7) is 0.877. The Morgan fingerprint density at radius 1 is 1.22 bits per heavy atom. The van der Waals surface area contributed by atoms with Crippen molar-refractivity contribution in [1.82, 2.24) is 9.62 Å².